The van der Waals surface area contributed by atoms with Crippen LogP contribution in [0.25, 0.3) is 4.84 Å². The van der Waals surface area contributed by atoms with Crippen LogP contribution in [0, 0.1) is 11.3 Å². The van der Waals surface area contributed by atoms with Gasteiger partial charge >= 0.3 is 0 Å². The van der Waals surface area contributed by atoms with Gasteiger partial charge < -0.3 is 29.4 Å². The van der Waals surface area contributed by atoms with E-state index in [4.69, 9.17) is 21.3 Å². The molecule has 2 fully saturated rings. The average Bonchev–Trinajstić information content (AvgIpc) is 3.47. The fraction of sp³-hybridized carbons (Fsp3) is 0.667. The Bertz CT molecular complexity index is 723. The maximum absolute atomic E-state index is 12.7. The molecule has 1 aromatic rings. The Morgan fingerprint density at radius 2 is 2.14 bits per heavy atom. The summed E-state index contributed by atoms with van der Waals surface area (Å²) in [6, 6.07) is 4.78. The lowest BCUT2D eigenvalue weighted by molar-refractivity contribution is -0.132. The first-order chi connectivity index (χ1) is 13.8. The third kappa shape index (κ3) is 4.63. The summed E-state index contributed by atoms with van der Waals surface area (Å²) in [6.07, 6.45) is 1.74. The Labute approximate surface area is 177 Å². The van der Waals surface area contributed by atoms with E-state index in [1.807, 2.05) is 25.1 Å². The van der Waals surface area contributed by atoms with Crippen molar-refractivity contribution in [1.82, 2.24) is 4.90 Å². The van der Waals surface area contributed by atoms with Crippen LogP contribution in [0.4, 0.5) is 0 Å². The van der Waals surface area contributed by atoms with Crippen molar-refractivity contribution in [1.29, 1.82) is 0 Å². The van der Waals surface area contributed by atoms with Gasteiger partial charge in [-0.25, -0.2) is 0 Å². The molecular weight excluding hydrogens is 396 g/mol. The fourth-order valence-electron chi connectivity index (χ4n) is 3.97. The van der Waals surface area contributed by atoms with Crippen molar-refractivity contribution in [3.63, 3.8) is 0 Å². The van der Waals surface area contributed by atoms with Gasteiger partial charge in [-0.3, -0.25) is 16.6 Å². The monoisotopic (exact) mass is 425 g/mol. The zero-order valence-corrected chi connectivity index (χ0v) is 17.9. The van der Waals surface area contributed by atoms with E-state index in [1.165, 1.54) is 12.8 Å². The van der Waals surface area contributed by atoms with Gasteiger partial charge in [0.1, 0.15) is 0 Å². The van der Waals surface area contributed by atoms with Crippen molar-refractivity contribution in [2.24, 2.45) is 11.3 Å². The largest absolute Gasteiger partial charge is 0.563 e. The Hall–Kier alpha value is -1.54. The number of likely N-dealkylation sites (tertiary alicyclic amines) is 1. The first-order valence-corrected chi connectivity index (χ1v) is 10.4. The Balaban J connectivity index is 1.88. The van der Waals surface area contributed by atoms with Crippen molar-refractivity contribution in [2.75, 3.05) is 33.4 Å². The van der Waals surface area contributed by atoms with E-state index in [1.54, 1.807) is 18.9 Å². The quantitative estimate of drug-likeness (QED) is 0.634. The molecule has 0 radical (unpaired) electrons. The molecule has 1 saturated heterocycles. The molecule has 0 bridgehead atoms. The highest BCUT2D eigenvalue weighted by Gasteiger charge is 2.48. The number of hydrogen-bond acceptors (Lipinski definition) is 5. The van der Waals surface area contributed by atoms with Gasteiger partial charge in [0, 0.05) is 31.0 Å². The molecule has 4 atom stereocenters. The number of ether oxygens (including phenoxy) is 2. The summed E-state index contributed by atoms with van der Waals surface area (Å²) in [5, 5.41) is 19.9. The van der Waals surface area contributed by atoms with Gasteiger partial charge in [-0.15, -0.1) is 0 Å². The van der Waals surface area contributed by atoms with E-state index in [0.29, 0.717) is 37.1 Å². The lowest BCUT2D eigenvalue weighted by Gasteiger charge is -2.34. The second-order valence-electron chi connectivity index (χ2n) is 8.41. The normalized spacial score (nSPS) is 26.3. The molecule has 1 amide bonds. The summed E-state index contributed by atoms with van der Waals surface area (Å²) < 4.78 is 11.4. The summed E-state index contributed by atoms with van der Waals surface area (Å²) in [5.41, 5.74) is 0.406. The van der Waals surface area contributed by atoms with Crippen LogP contribution in [-0.2, 0) is 4.79 Å². The summed E-state index contributed by atoms with van der Waals surface area (Å²) in [4.78, 5) is 17.8. The number of benzene rings is 1. The van der Waals surface area contributed by atoms with Crippen molar-refractivity contribution in [3.8, 4) is 11.5 Å². The molecule has 8 heteroatoms. The van der Waals surface area contributed by atoms with Gasteiger partial charge in [0.25, 0.3) is 0 Å². The predicted molar refractivity (Wildman–Crippen MR) is 110 cm³/mol. The van der Waals surface area contributed by atoms with E-state index in [0.717, 1.165) is 5.56 Å². The highest BCUT2D eigenvalue weighted by Crippen LogP contribution is 2.47. The van der Waals surface area contributed by atoms with Crippen molar-refractivity contribution < 1.29 is 24.5 Å². The van der Waals surface area contributed by atoms with Gasteiger partial charge in [-0.1, -0.05) is 13.0 Å². The number of methoxy groups -OCH3 is 1. The highest BCUT2D eigenvalue weighted by molar-refractivity contribution is 6.26. The number of nitrogens with zero attached hydrogens (tertiary/aromatic N) is 2. The van der Waals surface area contributed by atoms with Crippen molar-refractivity contribution in [2.45, 2.75) is 44.8 Å². The molecule has 162 valence electrons. The highest BCUT2D eigenvalue weighted by atomic mass is 35.5. The summed E-state index contributed by atoms with van der Waals surface area (Å²) in [5.74, 6) is 1.50. The van der Waals surface area contributed by atoms with Crippen LogP contribution in [0.2, 0.25) is 0 Å². The average molecular weight is 426 g/mol. The lowest BCUT2D eigenvalue weighted by Crippen LogP contribution is -2.41. The van der Waals surface area contributed by atoms with E-state index in [2.05, 4.69) is 4.84 Å². The first kappa shape index (κ1) is 22.2. The fourth-order valence-corrected chi connectivity index (χ4v) is 4.11. The molecule has 2 N–H and O–H groups in total. The van der Waals surface area contributed by atoms with Crippen LogP contribution in [-0.4, -0.2) is 66.6 Å². The Morgan fingerprint density at radius 3 is 2.69 bits per heavy atom. The second-order valence-corrected chi connectivity index (χ2v) is 8.61. The van der Waals surface area contributed by atoms with Crippen LogP contribution in [0.15, 0.2) is 18.2 Å². The molecule has 1 saturated carbocycles. The molecule has 2 aliphatic rings. The van der Waals surface area contributed by atoms with Crippen LogP contribution in [0.5, 0.6) is 11.5 Å². The molecule has 3 rings (SSSR count). The zero-order valence-electron chi connectivity index (χ0n) is 17.2. The predicted octanol–water partition coefficient (Wildman–Crippen LogP) is 2.69. The van der Waals surface area contributed by atoms with Crippen molar-refractivity contribution >= 4 is 17.7 Å². The molecule has 29 heavy (non-hydrogen) atoms. The van der Waals surface area contributed by atoms with Gasteiger partial charge in [-0.2, -0.15) is 0 Å². The second kappa shape index (κ2) is 9.08. The Kier molecular flexibility index (Phi) is 6.94. The first-order valence-electron chi connectivity index (χ1n) is 10.0. The van der Waals surface area contributed by atoms with E-state index in [-0.39, 0.29) is 11.8 Å². The molecule has 0 spiro atoms. The van der Waals surface area contributed by atoms with Gasteiger partial charge in [0.15, 0.2) is 11.5 Å². The third-order valence-electron chi connectivity index (χ3n) is 6.33. The van der Waals surface area contributed by atoms with E-state index in [9.17, 15) is 15.0 Å². The standard InChI is InChI=1S/C21H30ClN2O5/c1-13(26)21(2)12-24(20(27)17(10-25)23-22)9-16(21)15-6-7-18(28-3)19(8-15)29-11-14-4-5-14/h6-8,13-14,16-17,25-26H,4-5,9-12H2,1-3H3/q-1/t13-,16+,17+,21+/m1/s1. The minimum Gasteiger partial charge on any atom is -0.563 e. The maximum atomic E-state index is 12.7. The van der Waals surface area contributed by atoms with Crippen LogP contribution < -0.4 is 9.47 Å². The van der Waals surface area contributed by atoms with Gasteiger partial charge in [0.2, 0.25) is 5.91 Å². The van der Waals surface area contributed by atoms with Crippen LogP contribution in [0.3, 0.4) is 0 Å². The number of halogens is 1. The molecule has 1 aromatic carbocycles. The SMILES string of the molecule is COc1ccc([C@@H]2CN(C(=O)[C@H](CO)[N-]Cl)C[C@@]2(C)[C@@H](C)O)cc1OCC1CC1. The third-order valence-corrected chi connectivity index (χ3v) is 6.57. The van der Waals surface area contributed by atoms with Gasteiger partial charge in [0.05, 0.1) is 19.8 Å². The summed E-state index contributed by atoms with van der Waals surface area (Å²) in [7, 11) is 1.61. The molecular formula is C21H30ClN2O5-. The molecule has 1 aliphatic heterocycles. The zero-order chi connectivity index (χ0) is 21.2. The topological polar surface area (TPSA) is 93.3 Å². The molecule has 7 nitrogen and oxygen atoms in total. The molecule has 0 aromatic heterocycles. The molecule has 1 heterocycles. The number of aliphatic hydroxyl groups excluding tert-OH is 2. The summed E-state index contributed by atoms with van der Waals surface area (Å²) in [6.45, 7) is 4.68. The smallest absolute Gasteiger partial charge is 0.208 e. The minimum atomic E-state index is -0.998. The van der Waals surface area contributed by atoms with Gasteiger partial charge in [-0.05, 0) is 49.4 Å². The van der Waals surface area contributed by atoms with E-state index >= 15 is 0 Å². The van der Waals surface area contributed by atoms with Crippen molar-refractivity contribution in [3.05, 3.63) is 28.6 Å². The number of aliphatic hydroxyl groups is 2. The minimum absolute atomic E-state index is 0.115. The van der Waals surface area contributed by atoms with E-state index < -0.39 is 24.2 Å². The number of carbonyl (C=O) groups excluding carboxylic acids is 1. The number of amides is 1. The molecule has 1 aliphatic carbocycles. The van der Waals surface area contributed by atoms with Crippen LogP contribution >= 0.6 is 11.8 Å². The molecule has 0 unspecified atom stereocenters. The van der Waals surface area contributed by atoms with Crippen LogP contribution in [0.1, 0.15) is 38.2 Å². The Morgan fingerprint density at radius 1 is 1.41 bits per heavy atom. The number of carbonyl (C=O) groups is 1. The lowest BCUT2D eigenvalue weighted by atomic mass is 9.72. The maximum Gasteiger partial charge on any atom is 0.208 e. The number of hydrogen-bond donors (Lipinski definition) is 2. The number of rotatable bonds is 9. The summed E-state index contributed by atoms with van der Waals surface area (Å²) >= 11 is 5.49.